The van der Waals surface area contributed by atoms with Crippen LogP contribution >= 0.6 is 11.6 Å². The third kappa shape index (κ3) is 5.36. The molecule has 8 nitrogen and oxygen atoms in total. The van der Waals surface area contributed by atoms with Crippen LogP contribution in [0, 0.1) is 6.92 Å². The molecule has 1 saturated carbocycles. The number of carbonyl (C=O) groups is 1. The Morgan fingerprint density at radius 3 is 2.42 bits per heavy atom. The van der Waals surface area contributed by atoms with Crippen molar-refractivity contribution >= 4 is 33.2 Å². The molecule has 2 aromatic rings. The quantitative estimate of drug-likeness (QED) is 0.645. The number of nitrogens with zero attached hydrogens (tertiary/aromatic N) is 4. The Kier molecular flexibility index (Phi) is 7.31. The summed E-state index contributed by atoms with van der Waals surface area (Å²) < 4.78 is 29.8. The summed E-state index contributed by atoms with van der Waals surface area (Å²) in [5.74, 6) is -0.359. The molecule has 33 heavy (non-hydrogen) atoms. The van der Waals surface area contributed by atoms with Crippen molar-refractivity contribution in [2.45, 2.75) is 56.5 Å². The van der Waals surface area contributed by atoms with Gasteiger partial charge in [-0.1, -0.05) is 43.4 Å². The lowest BCUT2D eigenvalue weighted by Gasteiger charge is -2.36. The lowest BCUT2D eigenvalue weighted by atomic mass is 10.1. The summed E-state index contributed by atoms with van der Waals surface area (Å²) in [6, 6.07) is 5.81. The lowest BCUT2D eigenvalue weighted by Crippen LogP contribution is -2.49. The number of rotatable bonds is 5. The van der Waals surface area contributed by atoms with Gasteiger partial charge in [0.1, 0.15) is 0 Å². The summed E-state index contributed by atoms with van der Waals surface area (Å²) in [7, 11) is -2.26. The maximum Gasteiger partial charge on any atom is 0.263 e. The van der Waals surface area contributed by atoms with Crippen molar-refractivity contribution in [2.75, 3.05) is 31.1 Å². The zero-order chi connectivity index (χ0) is 23.6. The van der Waals surface area contributed by atoms with E-state index in [0.717, 1.165) is 36.9 Å². The molecular weight excluding hydrogens is 462 g/mol. The molecule has 2 fully saturated rings. The fourth-order valence-electron chi connectivity index (χ4n) is 4.72. The summed E-state index contributed by atoms with van der Waals surface area (Å²) in [5, 5.41) is 7.73. The largest absolute Gasteiger partial charge is 0.369 e. The molecule has 0 spiro atoms. The van der Waals surface area contributed by atoms with Gasteiger partial charge in [-0.3, -0.25) is 9.48 Å². The third-order valence-electron chi connectivity index (χ3n) is 6.56. The van der Waals surface area contributed by atoms with Gasteiger partial charge >= 0.3 is 0 Å². The maximum atomic E-state index is 13.5. The van der Waals surface area contributed by atoms with Crippen LogP contribution in [0.25, 0.3) is 0 Å². The van der Waals surface area contributed by atoms with Crippen LogP contribution in [0.4, 0.5) is 5.69 Å². The van der Waals surface area contributed by atoms with E-state index < -0.39 is 10.0 Å². The number of aryl methyl sites for hydroxylation is 2. The third-order valence-corrected chi connectivity index (χ3v) is 8.63. The molecule has 0 atom stereocenters. The Bertz CT molecular complexity index is 1100. The van der Waals surface area contributed by atoms with Crippen molar-refractivity contribution in [3.63, 3.8) is 0 Å². The average Bonchev–Trinajstić information content (AvgIpc) is 3.02. The van der Waals surface area contributed by atoms with Gasteiger partial charge in [0.25, 0.3) is 15.9 Å². The number of benzene rings is 1. The summed E-state index contributed by atoms with van der Waals surface area (Å²) in [6.07, 6.45) is 7.89. The van der Waals surface area contributed by atoms with Crippen LogP contribution in [0.15, 0.2) is 29.4 Å². The van der Waals surface area contributed by atoms with Crippen LogP contribution in [0.3, 0.4) is 0 Å². The van der Waals surface area contributed by atoms with Crippen LogP contribution in [-0.2, 0) is 17.1 Å². The number of sulfonamides is 1. The van der Waals surface area contributed by atoms with Crippen molar-refractivity contribution in [1.82, 2.24) is 19.4 Å². The van der Waals surface area contributed by atoms with E-state index >= 15 is 0 Å². The Morgan fingerprint density at radius 1 is 1.09 bits per heavy atom. The number of piperazine rings is 1. The second-order valence-electron chi connectivity index (χ2n) is 9.01. The van der Waals surface area contributed by atoms with E-state index in [-0.39, 0.29) is 22.5 Å². The van der Waals surface area contributed by atoms with Crippen molar-refractivity contribution in [1.29, 1.82) is 0 Å². The monoisotopic (exact) mass is 493 g/mol. The minimum Gasteiger partial charge on any atom is -0.369 e. The van der Waals surface area contributed by atoms with Crippen molar-refractivity contribution < 1.29 is 13.2 Å². The first kappa shape index (κ1) is 24.0. The van der Waals surface area contributed by atoms with Gasteiger partial charge in [0.2, 0.25) is 5.03 Å². The summed E-state index contributed by atoms with van der Waals surface area (Å²) in [5.41, 5.74) is 2.23. The molecule has 0 radical (unpaired) electrons. The Labute approximate surface area is 200 Å². The van der Waals surface area contributed by atoms with E-state index in [9.17, 15) is 13.2 Å². The van der Waals surface area contributed by atoms with Crippen molar-refractivity contribution in [3.8, 4) is 0 Å². The zero-order valence-electron chi connectivity index (χ0n) is 19.3. The number of hydrogen-bond acceptors (Lipinski definition) is 5. The molecule has 10 heteroatoms. The van der Waals surface area contributed by atoms with Crippen LogP contribution < -0.4 is 10.2 Å². The van der Waals surface area contributed by atoms with Gasteiger partial charge in [-0.15, -0.1) is 0 Å². The Hall–Kier alpha value is -2.10. The molecule has 1 aromatic heterocycles. The van der Waals surface area contributed by atoms with E-state index in [2.05, 4.69) is 15.3 Å². The molecule has 1 aliphatic heterocycles. The highest BCUT2D eigenvalue weighted by Crippen LogP contribution is 2.27. The highest BCUT2D eigenvalue weighted by Gasteiger charge is 2.35. The first-order valence-corrected chi connectivity index (χ1v) is 13.4. The highest BCUT2D eigenvalue weighted by molar-refractivity contribution is 7.89. The molecule has 1 N–H and O–H groups in total. The summed E-state index contributed by atoms with van der Waals surface area (Å²) in [6.45, 7) is 3.72. The molecule has 4 rings (SSSR count). The minimum absolute atomic E-state index is 0.0836. The van der Waals surface area contributed by atoms with Gasteiger partial charge in [0, 0.05) is 56.2 Å². The van der Waals surface area contributed by atoms with Gasteiger partial charge in [-0.05, 0) is 37.5 Å². The molecule has 2 aliphatic rings. The van der Waals surface area contributed by atoms with Gasteiger partial charge in [0.15, 0.2) is 0 Å². The molecule has 1 amide bonds. The number of aromatic nitrogens is 2. The molecule has 0 unspecified atom stereocenters. The molecule has 180 valence electrons. The topological polar surface area (TPSA) is 87.5 Å². The SMILES string of the molecule is Cc1ccc(Cl)cc1N1CCN(S(=O)(=O)c2nn(C)cc2C(=O)NC2CCCCCC2)CC1. The average molecular weight is 494 g/mol. The van der Waals surface area contributed by atoms with E-state index in [4.69, 9.17) is 11.6 Å². The highest BCUT2D eigenvalue weighted by atomic mass is 35.5. The van der Waals surface area contributed by atoms with Crippen LogP contribution in [-0.4, -0.2) is 60.6 Å². The van der Waals surface area contributed by atoms with Crippen LogP contribution in [0.1, 0.15) is 54.4 Å². The minimum atomic E-state index is -3.90. The van der Waals surface area contributed by atoms with Crippen molar-refractivity contribution in [3.05, 3.63) is 40.5 Å². The first-order valence-electron chi connectivity index (χ1n) is 11.6. The van der Waals surface area contributed by atoms with E-state index in [1.54, 1.807) is 7.05 Å². The molecule has 1 aromatic carbocycles. The van der Waals surface area contributed by atoms with Crippen molar-refractivity contribution in [2.24, 2.45) is 7.05 Å². The Morgan fingerprint density at radius 2 is 1.76 bits per heavy atom. The van der Waals surface area contributed by atoms with Crippen LogP contribution in [0.5, 0.6) is 0 Å². The Balaban J connectivity index is 1.49. The predicted molar refractivity (Wildman–Crippen MR) is 129 cm³/mol. The number of carbonyl (C=O) groups excluding carboxylic acids is 1. The smallest absolute Gasteiger partial charge is 0.263 e. The normalized spacial score (nSPS) is 18.8. The standard InChI is InChI=1S/C23H32ClN5O3S/c1-17-9-10-18(24)15-21(17)28-11-13-29(14-12-28)33(31,32)23-20(16-27(2)26-23)22(30)25-19-7-5-3-4-6-8-19/h9-10,15-16,19H,3-8,11-14H2,1-2H3,(H,25,30). The number of hydrogen-bond donors (Lipinski definition) is 1. The van der Waals surface area contributed by atoms with Gasteiger partial charge < -0.3 is 10.2 Å². The second-order valence-corrected chi connectivity index (χ2v) is 11.3. The predicted octanol–water partition coefficient (Wildman–Crippen LogP) is 3.35. The molecule has 1 aliphatic carbocycles. The fraction of sp³-hybridized carbons (Fsp3) is 0.565. The van der Waals surface area contributed by atoms with E-state index in [1.807, 2.05) is 25.1 Å². The molecule has 1 saturated heterocycles. The van der Waals surface area contributed by atoms with Gasteiger partial charge in [0.05, 0.1) is 5.56 Å². The molecule has 0 bridgehead atoms. The summed E-state index contributed by atoms with van der Waals surface area (Å²) >= 11 is 6.16. The number of nitrogens with one attached hydrogen (secondary N) is 1. The van der Waals surface area contributed by atoms with E-state index in [1.165, 1.54) is 28.0 Å². The molecule has 2 heterocycles. The fourth-order valence-corrected chi connectivity index (χ4v) is 6.43. The van der Waals surface area contributed by atoms with Crippen LogP contribution in [0.2, 0.25) is 5.02 Å². The summed E-state index contributed by atoms with van der Waals surface area (Å²) in [4.78, 5) is 15.2. The zero-order valence-corrected chi connectivity index (χ0v) is 20.8. The number of halogens is 1. The first-order chi connectivity index (χ1) is 15.8. The van der Waals surface area contributed by atoms with Gasteiger partial charge in [-0.25, -0.2) is 8.42 Å². The molecular formula is C23H32ClN5O3S. The maximum absolute atomic E-state index is 13.5. The number of amides is 1. The lowest BCUT2D eigenvalue weighted by molar-refractivity contribution is 0.0929. The van der Waals surface area contributed by atoms with E-state index in [0.29, 0.717) is 31.2 Å². The van der Waals surface area contributed by atoms with Gasteiger partial charge in [-0.2, -0.15) is 9.40 Å². The second kappa shape index (κ2) is 10.0. The number of anilines is 1.